The summed E-state index contributed by atoms with van der Waals surface area (Å²) < 4.78 is 2.20. The first-order valence-corrected chi connectivity index (χ1v) is 5.46. The summed E-state index contributed by atoms with van der Waals surface area (Å²) in [4.78, 5) is 0. The van der Waals surface area contributed by atoms with Crippen LogP contribution in [0.15, 0.2) is 0 Å². The topological polar surface area (TPSA) is 42.7 Å². The van der Waals surface area contributed by atoms with Gasteiger partial charge >= 0.3 is 0 Å². The lowest BCUT2D eigenvalue weighted by Crippen LogP contribution is -2.29. The van der Waals surface area contributed by atoms with Crippen molar-refractivity contribution in [1.29, 1.82) is 0 Å². The van der Waals surface area contributed by atoms with Gasteiger partial charge < -0.3 is 9.88 Å². The number of piperidine rings is 1. The van der Waals surface area contributed by atoms with Crippen molar-refractivity contribution < 1.29 is 0 Å². The molecule has 0 unspecified atom stereocenters. The summed E-state index contributed by atoms with van der Waals surface area (Å²) in [7, 11) is 0. The minimum Gasteiger partial charge on any atom is -0.314 e. The minimum absolute atomic E-state index is 0.421. The first-order chi connectivity index (χ1) is 6.83. The van der Waals surface area contributed by atoms with E-state index >= 15 is 0 Å². The zero-order valence-corrected chi connectivity index (χ0v) is 8.95. The molecule has 1 aliphatic heterocycles. The maximum Gasteiger partial charge on any atom is 0.150 e. The normalized spacial score (nSPS) is 22.6. The number of aromatic nitrogens is 3. The molecule has 14 heavy (non-hydrogen) atoms. The molecule has 1 atom stereocenters. The van der Waals surface area contributed by atoms with Crippen LogP contribution in [0.1, 0.15) is 43.9 Å². The average molecular weight is 194 g/mol. The largest absolute Gasteiger partial charge is 0.314 e. The predicted molar refractivity (Wildman–Crippen MR) is 55.0 cm³/mol. The van der Waals surface area contributed by atoms with Gasteiger partial charge in [0.2, 0.25) is 0 Å². The zero-order valence-electron chi connectivity index (χ0n) is 8.95. The van der Waals surface area contributed by atoms with Crippen LogP contribution in [0.4, 0.5) is 0 Å². The monoisotopic (exact) mass is 194 g/mol. The van der Waals surface area contributed by atoms with Gasteiger partial charge in [0.25, 0.3) is 0 Å². The molecule has 0 aliphatic carbocycles. The van der Waals surface area contributed by atoms with Gasteiger partial charge in [-0.15, -0.1) is 10.2 Å². The quantitative estimate of drug-likeness (QED) is 0.774. The Morgan fingerprint density at radius 3 is 2.93 bits per heavy atom. The average Bonchev–Trinajstić information content (AvgIpc) is 2.61. The summed E-state index contributed by atoms with van der Waals surface area (Å²) in [5, 5.41) is 11.9. The van der Waals surface area contributed by atoms with Gasteiger partial charge in [-0.1, -0.05) is 6.42 Å². The van der Waals surface area contributed by atoms with E-state index in [0.717, 1.165) is 24.7 Å². The summed E-state index contributed by atoms with van der Waals surface area (Å²) in [6.45, 7) is 6.23. The van der Waals surface area contributed by atoms with Gasteiger partial charge in [0.15, 0.2) is 0 Å². The second-order valence-corrected chi connectivity index (χ2v) is 3.85. The summed E-state index contributed by atoms with van der Waals surface area (Å²) >= 11 is 0. The number of hydrogen-bond acceptors (Lipinski definition) is 3. The van der Waals surface area contributed by atoms with E-state index in [4.69, 9.17) is 0 Å². The molecule has 1 N–H and O–H groups in total. The Kier molecular flexibility index (Phi) is 2.82. The van der Waals surface area contributed by atoms with Crippen LogP contribution < -0.4 is 5.32 Å². The van der Waals surface area contributed by atoms with E-state index in [1.54, 1.807) is 0 Å². The second-order valence-electron chi connectivity index (χ2n) is 3.85. The maximum absolute atomic E-state index is 4.26. The Labute approximate surface area is 84.7 Å². The third-order valence-electron chi connectivity index (χ3n) is 2.90. The van der Waals surface area contributed by atoms with E-state index in [2.05, 4.69) is 27.0 Å². The lowest BCUT2D eigenvalue weighted by molar-refractivity contribution is 0.385. The molecule has 0 aromatic carbocycles. The van der Waals surface area contributed by atoms with Gasteiger partial charge in [-0.2, -0.15) is 0 Å². The number of nitrogens with zero attached hydrogens (tertiary/aromatic N) is 3. The SMILES string of the molecule is CCn1c(C)nnc1[C@@H]1CCCCN1. The van der Waals surface area contributed by atoms with Gasteiger partial charge in [-0.25, -0.2) is 0 Å². The fraction of sp³-hybridized carbons (Fsp3) is 0.800. The van der Waals surface area contributed by atoms with Crippen molar-refractivity contribution in [2.45, 2.75) is 45.7 Å². The summed E-state index contributed by atoms with van der Waals surface area (Å²) in [6.07, 6.45) is 3.78. The molecule has 2 heterocycles. The Bertz CT molecular complexity index is 299. The van der Waals surface area contributed by atoms with Crippen molar-refractivity contribution in [2.75, 3.05) is 6.54 Å². The van der Waals surface area contributed by atoms with Crippen LogP contribution in [0.5, 0.6) is 0 Å². The molecule has 0 radical (unpaired) electrons. The molecule has 0 bridgehead atoms. The van der Waals surface area contributed by atoms with Crippen molar-refractivity contribution in [3.05, 3.63) is 11.6 Å². The van der Waals surface area contributed by atoms with Crippen LogP contribution in [0.3, 0.4) is 0 Å². The summed E-state index contributed by atoms with van der Waals surface area (Å²) in [5.74, 6) is 2.14. The van der Waals surface area contributed by atoms with Gasteiger partial charge in [0.05, 0.1) is 6.04 Å². The van der Waals surface area contributed by atoms with Gasteiger partial charge in [-0.05, 0) is 33.2 Å². The van der Waals surface area contributed by atoms with E-state index < -0.39 is 0 Å². The summed E-state index contributed by atoms with van der Waals surface area (Å²) in [5.41, 5.74) is 0. The Morgan fingerprint density at radius 1 is 1.43 bits per heavy atom. The van der Waals surface area contributed by atoms with Crippen molar-refractivity contribution in [1.82, 2.24) is 20.1 Å². The highest BCUT2D eigenvalue weighted by atomic mass is 15.3. The molecule has 1 aromatic rings. The third-order valence-corrected chi connectivity index (χ3v) is 2.90. The van der Waals surface area contributed by atoms with Crippen LogP contribution in [0.25, 0.3) is 0 Å². The molecule has 2 rings (SSSR count). The second kappa shape index (κ2) is 4.09. The molecule has 1 fully saturated rings. The molecule has 4 nitrogen and oxygen atoms in total. The Morgan fingerprint density at radius 2 is 2.29 bits per heavy atom. The number of aryl methyl sites for hydroxylation is 1. The van der Waals surface area contributed by atoms with Crippen molar-refractivity contribution >= 4 is 0 Å². The number of hydrogen-bond donors (Lipinski definition) is 1. The van der Waals surface area contributed by atoms with E-state index in [9.17, 15) is 0 Å². The lowest BCUT2D eigenvalue weighted by Gasteiger charge is -2.23. The highest BCUT2D eigenvalue weighted by Crippen LogP contribution is 2.21. The molecule has 1 aliphatic rings. The minimum atomic E-state index is 0.421. The zero-order chi connectivity index (χ0) is 9.97. The van der Waals surface area contributed by atoms with Gasteiger partial charge in [0.1, 0.15) is 11.6 Å². The molecule has 0 spiro atoms. The molecule has 0 amide bonds. The summed E-state index contributed by atoms with van der Waals surface area (Å²) in [6, 6.07) is 0.421. The fourth-order valence-corrected chi connectivity index (χ4v) is 2.12. The highest BCUT2D eigenvalue weighted by Gasteiger charge is 2.20. The van der Waals surface area contributed by atoms with Crippen LogP contribution in [0.2, 0.25) is 0 Å². The Balaban J connectivity index is 2.21. The first-order valence-electron chi connectivity index (χ1n) is 5.46. The molecule has 4 heteroatoms. The van der Waals surface area contributed by atoms with Crippen molar-refractivity contribution in [3.8, 4) is 0 Å². The van der Waals surface area contributed by atoms with Crippen LogP contribution in [0, 0.1) is 6.92 Å². The van der Waals surface area contributed by atoms with Gasteiger partial charge in [0, 0.05) is 6.54 Å². The molecular weight excluding hydrogens is 176 g/mol. The van der Waals surface area contributed by atoms with Crippen LogP contribution in [-0.4, -0.2) is 21.3 Å². The molecule has 0 saturated carbocycles. The van der Waals surface area contributed by atoms with Crippen molar-refractivity contribution in [3.63, 3.8) is 0 Å². The molecule has 78 valence electrons. The smallest absolute Gasteiger partial charge is 0.150 e. The number of rotatable bonds is 2. The first kappa shape index (κ1) is 9.65. The molecular formula is C10H18N4. The van der Waals surface area contributed by atoms with E-state index in [1.807, 2.05) is 6.92 Å². The number of nitrogens with one attached hydrogen (secondary N) is 1. The fourth-order valence-electron chi connectivity index (χ4n) is 2.12. The van der Waals surface area contributed by atoms with Crippen LogP contribution in [-0.2, 0) is 6.54 Å². The van der Waals surface area contributed by atoms with Crippen LogP contribution >= 0.6 is 0 Å². The van der Waals surface area contributed by atoms with E-state index in [1.165, 1.54) is 19.3 Å². The standard InChI is InChI=1S/C10H18N4/c1-3-14-8(2)12-13-10(14)9-6-4-5-7-11-9/h9,11H,3-7H2,1-2H3/t9-/m0/s1. The Hall–Kier alpha value is -0.900. The molecule has 1 aromatic heterocycles. The third kappa shape index (κ3) is 1.66. The maximum atomic E-state index is 4.26. The predicted octanol–water partition coefficient (Wildman–Crippen LogP) is 1.42. The van der Waals surface area contributed by atoms with Gasteiger partial charge in [-0.3, -0.25) is 0 Å². The molecule has 1 saturated heterocycles. The lowest BCUT2D eigenvalue weighted by atomic mass is 10.0. The van der Waals surface area contributed by atoms with Crippen molar-refractivity contribution in [2.24, 2.45) is 0 Å². The van der Waals surface area contributed by atoms with E-state index in [0.29, 0.717) is 6.04 Å². The van der Waals surface area contributed by atoms with E-state index in [-0.39, 0.29) is 0 Å². The highest BCUT2D eigenvalue weighted by molar-refractivity contribution is 5.01.